The molecular weight excluding hydrogens is 394 g/mol. The number of thiazole rings is 1. The fraction of sp³-hybridized carbons (Fsp3) is 0.190. The Bertz CT molecular complexity index is 1040. The Kier molecular flexibility index (Phi) is 5.60. The van der Waals surface area contributed by atoms with Gasteiger partial charge in [-0.15, -0.1) is 11.3 Å². The summed E-state index contributed by atoms with van der Waals surface area (Å²) in [6.07, 6.45) is 8.57. The topological polar surface area (TPSA) is 65.5 Å². The summed E-state index contributed by atoms with van der Waals surface area (Å²) >= 11 is 3.16. The fourth-order valence-corrected chi connectivity index (χ4v) is 4.60. The van der Waals surface area contributed by atoms with Gasteiger partial charge in [-0.05, 0) is 18.2 Å². The number of carbonyl (C=O) groups excluding carboxylic acids is 2. The number of thioether (sulfide) groups is 1. The van der Waals surface area contributed by atoms with Crippen LogP contribution in [0.5, 0.6) is 0 Å². The van der Waals surface area contributed by atoms with Crippen LogP contribution in [0.3, 0.4) is 0 Å². The van der Waals surface area contributed by atoms with E-state index in [1.807, 2.05) is 42.5 Å². The monoisotopic (exact) mass is 409 g/mol. The SMILES string of the molecule is O=C(OCC#CCSc1nc2ccccc2s1)C1=C[C@H]2C=CC=C[C@@H]2OC1=O. The van der Waals surface area contributed by atoms with Gasteiger partial charge in [0.1, 0.15) is 11.7 Å². The van der Waals surface area contributed by atoms with Crippen LogP contribution in [0, 0.1) is 17.8 Å². The third kappa shape index (κ3) is 4.19. The Morgan fingerprint density at radius 1 is 1.25 bits per heavy atom. The first-order valence-electron chi connectivity index (χ1n) is 8.60. The normalized spacial score (nSPS) is 20.0. The Morgan fingerprint density at radius 3 is 3.00 bits per heavy atom. The first kappa shape index (κ1) is 18.5. The van der Waals surface area contributed by atoms with Gasteiger partial charge in [0.15, 0.2) is 10.9 Å². The molecule has 0 unspecified atom stereocenters. The number of nitrogens with zero attached hydrogens (tertiary/aromatic N) is 1. The molecule has 0 fully saturated rings. The molecule has 2 aliphatic rings. The van der Waals surface area contributed by atoms with E-state index in [1.165, 1.54) is 11.8 Å². The highest BCUT2D eigenvalue weighted by atomic mass is 32.2. The summed E-state index contributed by atoms with van der Waals surface area (Å²) in [5, 5.41) is 0. The van der Waals surface area contributed by atoms with Gasteiger partial charge in [0, 0.05) is 5.92 Å². The largest absolute Gasteiger partial charge is 0.453 e. The molecule has 2 heterocycles. The van der Waals surface area contributed by atoms with E-state index < -0.39 is 11.9 Å². The second-order valence-electron chi connectivity index (χ2n) is 5.96. The highest BCUT2D eigenvalue weighted by Gasteiger charge is 2.33. The average Bonchev–Trinajstić information content (AvgIpc) is 3.12. The van der Waals surface area contributed by atoms with Crippen LogP contribution in [0.4, 0.5) is 0 Å². The van der Waals surface area contributed by atoms with Gasteiger partial charge in [-0.3, -0.25) is 0 Å². The summed E-state index contributed by atoms with van der Waals surface area (Å²) in [6, 6.07) is 7.97. The molecule has 1 aliphatic heterocycles. The second-order valence-corrected chi connectivity index (χ2v) is 8.22. The average molecular weight is 409 g/mol. The van der Waals surface area contributed by atoms with Gasteiger partial charge in [-0.1, -0.05) is 60.0 Å². The quantitative estimate of drug-likeness (QED) is 0.333. The number of rotatable bonds is 4. The van der Waals surface area contributed by atoms with Crippen molar-refractivity contribution in [1.82, 2.24) is 4.98 Å². The minimum atomic E-state index is -0.709. The Labute approximate surface area is 170 Å². The number of hydrogen-bond acceptors (Lipinski definition) is 7. The number of carbonyl (C=O) groups is 2. The Balaban J connectivity index is 1.26. The van der Waals surface area contributed by atoms with Gasteiger partial charge in [-0.2, -0.15) is 0 Å². The molecular formula is C21H15NO4S2. The van der Waals surface area contributed by atoms with Gasteiger partial charge in [0.2, 0.25) is 0 Å². The standard InChI is InChI=1S/C21H15NO4S2/c23-19(15-13-14-7-1-3-9-17(14)26-20(15)24)25-11-5-6-12-27-21-22-16-8-2-4-10-18(16)28-21/h1-4,7-10,13-14,17H,11-12H2/t14-,17+/m1/s1. The molecule has 0 amide bonds. The summed E-state index contributed by atoms with van der Waals surface area (Å²) in [5.74, 6) is 4.77. The number of ether oxygens (including phenoxy) is 2. The lowest BCUT2D eigenvalue weighted by atomic mass is 9.93. The molecule has 1 aliphatic carbocycles. The highest BCUT2D eigenvalue weighted by molar-refractivity contribution is 8.01. The van der Waals surface area contributed by atoms with Gasteiger partial charge < -0.3 is 9.47 Å². The zero-order valence-electron chi connectivity index (χ0n) is 14.7. The lowest BCUT2D eigenvalue weighted by Gasteiger charge is -2.26. The van der Waals surface area contributed by atoms with Crippen molar-refractivity contribution in [2.24, 2.45) is 5.92 Å². The lowest BCUT2D eigenvalue weighted by molar-refractivity contribution is -0.150. The molecule has 0 saturated carbocycles. The molecule has 0 spiro atoms. The number of para-hydroxylation sites is 1. The van der Waals surface area contributed by atoms with Crippen molar-refractivity contribution in [1.29, 1.82) is 0 Å². The van der Waals surface area contributed by atoms with Crippen molar-refractivity contribution in [3.05, 3.63) is 60.2 Å². The molecule has 0 saturated heterocycles. The maximum atomic E-state index is 12.1. The van der Waals surface area contributed by atoms with Crippen molar-refractivity contribution < 1.29 is 19.1 Å². The molecule has 7 heteroatoms. The Morgan fingerprint density at radius 2 is 2.11 bits per heavy atom. The number of benzene rings is 1. The zero-order valence-corrected chi connectivity index (χ0v) is 16.3. The molecule has 1 aromatic carbocycles. The first-order chi connectivity index (χ1) is 13.7. The van der Waals surface area contributed by atoms with Crippen molar-refractivity contribution in [3.63, 3.8) is 0 Å². The van der Waals surface area contributed by atoms with Crippen molar-refractivity contribution in [3.8, 4) is 11.8 Å². The van der Waals surface area contributed by atoms with Gasteiger partial charge in [-0.25, -0.2) is 14.6 Å². The molecule has 0 radical (unpaired) electrons. The minimum absolute atomic E-state index is 0.0757. The maximum absolute atomic E-state index is 12.1. The van der Waals surface area contributed by atoms with Crippen LogP contribution in [-0.4, -0.2) is 35.4 Å². The lowest BCUT2D eigenvalue weighted by Crippen LogP contribution is -2.33. The van der Waals surface area contributed by atoms with E-state index in [2.05, 4.69) is 16.8 Å². The van der Waals surface area contributed by atoms with Crippen molar-refractivity contribution in [2.75, 3.05) is 12.4 Å². The molecule has 140 valence electrons. The van der Waals surface area contributed by atoms with Crippen molar-refractivity contribution in [2.45, 2.75) is 10.4 Å². The van der Waals surface area contributed by atoms with Crippen LogP contribution < -0.4 is 0 Å². The van der Waals surface area contributed by atoms with E-state index in [9.17, 15) is 9.59 Å². The zero-order chi connectivity index (χ0) is 19.3. The third-order valence-electron chi connectivity index (χ3n) is 4.11. The molecule has 2 aromatic rings. The van der Waals surface area contributed by atoms with Gasteiger partial charge in [0.25, 0.3) is 0 Å². The van der Waals surface area contributed by atoms with Crippen LogP contribution in [0.25, 0.3) is 10.2 Å². The first-order valence-corrected chi connectivity index (χ1v) is 10.4. The summed E-state index contributed by atoms with van der Waals surface area (Å²) in [4.78, 5) is 28.6. The number of allylic oxidation sites excluding steroid dienone is 2. The molecule has 0 N–H and O–H groups in total. The van der Waals surface area contributed by atoms with E-state index in [0.717, 1.165) is 14.6 Å². The third-order valence-corrected chi connectivity index (χ3v) is 6.17. The van der Waals surface area contributed by atoms with E-state index >= 15 is 0 Å². The van der Waals surface area contributed by atoms with E-state index in [4.69, 9.17) is 9.47 Å². The smallest absolute Gasteiger partial charge is 0.346 e. The molecule has 2 atom stereocenters. The van der Waals surface area contributed by atoms with Crippen LogP contribution in [0.15, 0.2) is 64.6 Å². The molecule has 4 rings (SSSR count). The van der Waals surface area contributed by atoms with E-state index in [1.54, 1.807) is 23.5 Å². The second kappa shape index (κ2) is 8.46. The number of esters is 2. The Hall–Kier alpha value is -2.82. The summed E-state index contributed by atoms with van der Waals surface area (Å²) in [6.45, 7) is -0.0757. The minimum Gasteiger partial charge on any atom is -0.453 e. The van der Waals surface area contributed by atoms with Crippen LogP contribution >= 0.6 is 23.1 Å². The molecule has 28 heavy (non-hydrogen) atoms. The molecule has 0 bridgehead atoms. The van der Waals surface area contributed by atoms with Crippen molar-refractivity contribution >= 4 is 45.3 Å². The predicted octanol–water partition coefficient (Wildman–Crippen LogP) is 3.53. The fourth-order valence-electron chi connectivity index (χ4n) is 2.76. The van der Waals surface area contributed by atoms with Gasteiger partial charge >= 0.3 is 11.9 Å². The van der Waals surface area contributed by atoms with E-state index in [-0.39, 0.29) is 24.2 Å². The summed E-state index contributed by atoms with van der Waals surface area (Å²) < 4.78 is 12.4. The number of hydrogen-bond donors (Lipinski definition) is 0. The molecule has 5 nitrogen and oxygen atoms in total. The highest BCUT2D eigenvalue weighted by Crippen LogP contribution is 2.29. The molecule has 1 aromatic heterocycles. The van der Waals surface area contributed by atoms with Crippen LogP contribution in [-0.2, 0) is 19.1 Å². The summed E-state index contributed by atoms with van der Waals surface area (Å²) in [7, 11) is 0. The number of fused-ring (bicyclic) bond motifs is 2. The van der Waals surface area contributed by atoms with Crippen LogP contribution in [0.1, 0.15) is 0 Å². The van der Waals surface area contributed by atoms with E-state index in [0.29, 0.717) is 5.75 Å². The number of aromatic nitrogens is 1. The van der Waals surface area contributed by atoms with Gasteiger partial charge in [0.05, 0.1) is 16.0 Å². The maximum Gasteiger partial charge on any atom is 0.346 e. The predicted molar refractivity (Wildman–Crippen MR) is 109 cm³/mol. The summed E-state index contributed by atoms with van der Waals surface area (Å²) in [5.41, 5.74) is 0.905. The van der Waals surface area contributed by atoms with Crippen LogP contribution in [0.2, 0.25) is 0 Å².